The van der Waals surface area contributed by atoms with Crippen molar-refractivity contribution in [3.63, 3.8) is 0 Å². The van der Waals surface area contributed by atoms with Crippen LogP contribution < -0.4 is 10.8 Å². The van der Waals surface area contributed by atoms with Gasteiger partial charge in [0.15, 0.2) is 5.49 Å². The maximum Gasteiger partial charge on any atom is 0.259 e. The topological polar surface area (TPSA) is 57.8 Å². The molecular formula is C16H14ClFN3O. The van der Waals surface area contributed by atoms with E-state index in [0.29, 0.717) is 33.4 Å². The van der Waals surface area contributed by atoms with Gasteiger partial charge in [0, 0.05) is 17.7 Å². The summed E-state index contributed by atoms with van der Waals surface area (Å²) in [5, 5.41) is 11.3. The zero-order valence-electron chi connectivity index (χ0n) is 11.9. The highest BCUT2D eigenvalue weighted by Gasteiger charge is 2.35. The summed E-state index contributed by atoms with van der Waals surface area (Å²) in [5.41, 5.74) is 1.58. The van der Waals surface area contributed by atoms with Crippen molar-refractivity contribution in [3.05, 3.63) is 59.1 Å². The molecule has 1 N–H and O–H groups in total. The fraction of sp³-hybridized carbons (Fsp3) is 0.250. The highest BCUT2D eigenvalue weighted by Crippen LogP contribution is 2.27. The highest BCUT2D eigenvalue weighted by atomic mass is 35.5. The number of nitrogens with zero attached hydrogens (tertiary/aromatic N) is 3. The molecule has 1 aromatic carbocycles. The van der Waals surface area contributed by atoms with Crippen molar-refractivity contribution in [2.75, 3.05) is 0 Å². The molecule has 0 spiro atoms. The van der Waals surface area contributed by atoms with E-state index >= 15 is 0 Å². The lowest BCUT2D eigenvalue weighted by atomic mass is 10.0. The normalized spacial score (nSPS) is 21.0. The molecule has 0 aliphatic carbocycles. The van der Waals surface area contributed by atoms with Crippen LogP contribution in [0, 0.1) is 18.7 Å². The molecule has 1 radical (unpaired) electrons. The molecule has 1 aromatic heterocycles. The number of hydrogen-bond donors (Lipinski definition) is 1. The number of hydrogen-bond acceptors (Lipinski definition) is 4. The van der Waals surface area contributed by atoms with Crippen LogP contribution in [0.4, 0.5) is 4.39 Å². The highest BCUT2D eigenvalue weighted by molar-refractivity contribution is 6.33. The molecule has 1 unspecified atom stereocenters. The summed E-state index contributed by atoms with van der Waals surface area (Å²) in [6.45, 7) is 5.78. The smallest absolute Gasteiger partial charge is 0.259 e. The minimum absolute atomic E-state index is 0.313. The summed E-state index contributed by atoms with van der Waals surface area (Å²) in [7, 11) is 0. The third-order valence-corrected chi connectivity index (χ3v) is 3.99. The summed E-state index contributed by atoms with van der Waals surface area (Å²) in [4.78, 5) is 12.6. The van der Waals surface area contributed by atoms with E-state index in [4.69, 9.17) is 11.6 Å². The number of aromatic nitrogens is 1. The predicted octanol–water partition coefficient (Wildman–Crippen LogP) is 2.30. The first-order valence-electron chi connectivity index (χ1n) is 6.90. The first-order valence-corrected chi connectivity index (χ1v) is 7.28. The maximum atomic E-state index is 13.1. The van der Waals surface area contributed by atoms with E-state index in [1.807, 2.05) is 6.92 Å². The Bertz CT molecular complexity index is 838. The van der Waals surface area contributed by atoms with Crippen molar-refractivity contribution in [2.45, 2.75) is 19.2 Å². The number of halogens is 2. The van der Waals surface area contributed by atoms with E-state index in [1.165, 1.54) is 18.3 Å². The summed E-state index contributed by atoms with van der Waals surface area (Å²) in [6, 6.07) is 5.89. The predicted molar refractivity (Wildman–Crippen MR) is 81.0 cm³/mol. The third-order valence-electron chi connectivity index (χ3n) is 3.71. The number of rotatable bonds is 3. The Kier molecular flexibility index (Phi) is 3.70. The monoisotopic (exact) mass is 318 g/mol. The van der Waals surface area contributed by atoms with Gasteiger partial charge >= 0.3 is 0 Å². The SMILES string of the molecule is [CH2][C@@H](CC)C1(O)N=c2ncc(Cl)c(-c3ccc(F)cc3)c2=N1. The number of aliphatic hydroxyl groups is 1. The van der Waals surface area contributed by atoms with Crippen molar-refractivity contribution < 1.29 is 9.50 Å². The van der Waals surface area contributed by atoms with Crippen molar-refractivity contribution in [1.29, 1.82) is 0 Å². The molecular weight excluding hydrogens is 305 g/mol. The first-order chi connectivity index (χ1) is 10.4. The van der Waals surface area contributed by atoms with Crippen LogP contribution in [0.5, 0.6) is 0 Å². The van der Waals surface area contributed by atoms with Gasteiger partial charge < -0.3 is 5.11 Å². The fourth-order valence-electron chi connectivity index (χ4n) is 2.35. The standard InChI is InChI=1S/C16H14ClFN3O/c1-3-9(2)16(22)20-14-13(10-4-6-11(18)7-5-10)12(17)8-19-15(14)21-16/h4-9,22H,2-3H2,1H3/t9-,16?/m0/s1. The third kappa shape index (κ3) is 2.40. The molecule has 22 heavy (non-hydrogen) atoms. The molecule has 0 bridgehead atoms. The van der Waals surface area contributed by atoms with E-state index in [2.05, 4.69) is 21.9 Å². The largest absolute Gasteiger partial charge is 0.351 e. The molecule has 0 saturated carbocycles. The van der Waals surface area contributed by atoms with Gasteiger partial charge in [-0.05, 0) is 31.0 Å². The van der Waals surface area contributed by atoms with Crippen molar-refractivity contribution in [1.82, 2.24) is 4.98 Å². The molecule has 0 saturated heterocycles. The van der Waals surface area contributed by atoms with Crippen LogP contribution in [0.3, 0.4) is 0 Å². The van der Waals surface area contributed by atoms with Crippen LogP contribution >= 0.6 is 11.6 Å². The summed E-state index contributed by atoms with van der Waals surface area (Å²) in [6.07, 6.45) is 2.06. The van der Waals surface area contributed by atoms with E-state index in [9.17, 15) is 9.50 Å². The Morgan fingerprint density at radius 3 is 2.64 bits per heavy atom. The van der Waals surface area contributed by atoms with Crippen LogP contribution in [0.1, 0.15) is 13.3 Å². The van der Waals surface area contributed by atoms with Crippen molar-refractivity contribution in [2.24, 2.45) is 15.9 Å². The number of benzene rings is 1. The molecule has 0 fully saturated rings. The second kappa shape index (κ2) is 5.41. The van der Waals surface area contributed by atoms with Gasteiger partial charge in [0.05, 0.1) is 5.02 Å². The van der Waals surface area contributed by atoms with Gasteiger partial charge in [-0.1, -0.05) is 30.7 Å². The number of fused-ring (bicyclic) bond motifs is 1. The zero-order valence-corrected chi connectivity index (χ0v) is 12.7. The van der Waals surface area contributed by atoms with Crippen LogP contribution in [0.2, 0.25) is 5.02 Å². The Balaban J connectivity index is 2.25. The van der Waals surface area contributed by atoms with Crippen molar-refractivity contribution >= 4 is 11.6 Å². The molecule has 3 rings (SSSR count). The Hall–Kier alpha value is -1.85. The summed E-state index contributed by atoms with van der Waals surface area (Å²) in [5.74, 6) is -2.38. The van der Waals surface area contributed by atoms with Gasteiger partial charge in [0.25, 0.3) is 5.85 Å². The minimum Gasteiger partial charge on any atom is -0.351 e. The summed E-state index contributed by atoms with van der Waals surface area (Å²) >= 11 is 6.23. The molecule has 113 valence electrons. The molecule has 2 atom stereocenters. The zero-order chi connectivity index (χ0) is 15.9. The quantitative estimate of drug-likeness (QED) is 0.944. The van der Waals surface area contributed by atoms with Crippen LogP contribution in [-0.4, -0.2) is 15.9 Å². The van der Waals surface area contributed by atoms with Crippen molar-refractivity contribution in [3.8, 4) is 11.1 Å². The van der Waals surface area contributed by atoms with E-state index in [-0.39, 0.29) is 5.82 Å². The van der Waals surface area contributed by atoms with Gasteiger partial charge in [-0.2, -0.15) is 0 Å². The van der Waals surface area contributed by atoms with Crippen LogP contribution in [0.15, 0.2) is 40.4 Å². The molecule has 2 aromatic rings. The minimum atomic E-state index is -1.64. The van der Waals surface area contributed by atoms with Crippen LogP contribution in [-0.2, 0) is 0 Å². The first kappa shape index (κ1) is 15.1. The number of pyridine rings is 1. The maximum absolute atomic E-state index is 13.1. The van der Waals surface area contributed by atoms with Gasteiger partial charge in [-0.15, -0.1) is 0 Å². The van der Waals surface area contributed by atoms with E-state index in [1.54, 1.807) is 12.1 Å². The molecule has 4 nitrogen and oxygen atoms in total. The second-order valence-electron chi connectivity index (χ2n) is 5.18. The molecule has 6 heteroatoms. The Morgan fingerprint density at radius 1 is 1.32 bits per heavy atom. The average molecular weight is 319 g/mol. The molecule has 1 aliphatic rings. The van der Waals surface area contributed by atoms with Gasteiger partial charge in [0.1, 0.15) is 11.2 Å². The van der Waals surface area contributed by atoms with E-state index < -0.39 is 11.8 Å². The Morgan fingerprint density at radius 2 is 2.00 bits per heavy atom. The second-order valence-corrected chi connectivity index (χ2v) is 5.58. The average Bonchev–Trinajstić information content (AvgIpc) is 2.85. The van der Waals surface area contributed by atoms with Gasteiger partial charge in [0.2, 0.25) is 0 Å². The Labute approximate surface area is 132 Å². The van der Waals surface area contributed by atoms with Gasteiger partial charge in [-0.3, -0.25) is 0 Å². The lowest BCUT2D eigenvalue weighted by molar-refractivity contribution is 0.0125. The van der Waals surface area contributed by atoms with E-state index in [0.717, 1.165) is 0 Å². The summed E-state index contributed by atoms with van der Waals surface area (Å²) < 4.78 is 13.1. The lowest BCUT2D eigenvalue weighted by Gasteiger charge is -2.21. The molecule has 0 amide bonds. The fourth-order valence-corrected chi connectivity index (χ4v) is 2.60. The molecule has 2 heterocycles. The van der Waals surface area contributed by atoms with Crippen LogP contribution in [0.25, 0.3) is 11.1 Å². The lowest BCUT2D eigenvalue weighted by Crippen LogP contribution is -2.31. The molecule has 1 aliphatic heterocycles. The van der Waals surface area contributed by atoms with Gasteiger partial charge in [-0.25, -0.2) is 19.4 Å².